The molecule has 8 heteroatoms. The fourth-order valence-corrected chi connectivity index (χ4v) is 1.65. The van der Waals surface area contributed by atoms with E-state index in [1.54, 1.807) is 0 Å². The Morgan fingerprint density at radius 1 is 1.47 bits per heavy atom. The van der Waals surface area contributed by atoms with Crippen LogP contribution in [0.1, 0.15) is 37.9 Å². The number of carboxylic acids is 1. The van der Waals surface area contributed by atoms with Crippen LogP contribution in [0.15, 0.2) is 9.62 Å². The lowest BCUT2D eigenvalue weighted by Crippen LogP contribution is -2.33. The van der Waals surface area contributed by atoms with E-state index in [1.165, 1.54) is 0 Å². The smallest absolute Gasteiger partial charge is 0.305 e. The number of hydrazone groups is 1. The van der Waals surface area contributed by atoms with E-state index < -0.39 is 5.97 Å². The molecule has 0 aliphatic carbocycles. The van der Waals surface area contributed by atoms with Gasteiger partial charge in [0.25, 0.3) is 5.89 Å². The summed E-state index contributed by atoms with van der Waals surface area (Å²) >= 11 is 0. The lowest BCUT2D eigenvalue weighted by molar-refractivity contribution is -0.138. The van der Waals surface area contributed by atoms with Crippen LogP contribution in [0.5, 0.6) is 0 Å². The molecule has 1 N–H and O–H groups in total. The van der Waals surface area contributed by atoms with Gasteiger partial charge >= 0.3 is 5.97 Å². The molecule has 0 radical (unpaired) electrons. The summed E-state index contributed by atoms with van der Waals surface area (Å²) in [4.78, 5) is 26.3. The molecule has 2 rings (SSSR count). The predicted molar refractivity (Wildman–Crippen MR) is 63.4 cm³/mol. The average molecular weight is 266 g/mol. The third-order valence-corrected chi connectivity index (χ3v) is 2.67. The molecule has 0 spiro atoms. The van der Waals surface area contributed by atoms with Crippen molar-refractivity contribution in [1.82, 2.24) is 15.1 Å². The molecule has 1 amide bonds. The van der Waals surface area contributed by atoms with Crippen molar-refractivity contribution in [2.45, 2.75) is 32.6 Å². The third-order valence-electron chi connectivity index (χ3n) is 2.67. The monoisotopic (exact) mass is 266 g/mol. The molecule has 0 bridgehead atoms. The molecule has 1 aromatic rings. The number of carbonyl (C=O) groups excluding carboxylic acids is 1. The molecule has 0 saturated heterocycles. The van der Waals surface area contributed by atoms with Crippen molar-refractivity contribution < 1.29 is 19.2 Å². The SMILES string of the molecule is CCc1noc(C2=NN(CCC(=O)O)C(=O)CC2)n1. The van der Waals surface area contributed by atoms with Crippen molar-refractivity contribution in [2.75, 3.05) is 6.54 Å². The van der Waals surface area contributed by atoms with Crippen LogP contribution in [-0.2, 0) is 16.0 Å². The van der Waals surface area contributed by atoms with Crippen LogP contribution in [-0.4, -0.2) is 44.4 Å². The minimum Gasteiger partial charge on any atom is -0.481 e. The molecule has 0 fully saturated rings. The number of hydrogen-bond acceptors (Lipinski definition) is 6. The molecule has 1 aliphatic heterocycles. The fourth-order valence-electron chi connectivity index (χ4n) is 1.65. The first-order chi connectivity index (χ1) is 9.10. The Kier molecular flexibility index (Phi) is 3.88. The molecule has 0 atom stereocenters. The molecular formula is C11H14N4O4. The Labute approximate surface area is 109 Å². The molecule has 19 heavy (non-hydrogen) atoms. The summed E-state index contributed by atoms with van der Waals surface area (Å²) in [5.74, 6) is -0.294. The minimum atomic E-state index is -0.971. The van der Waals surface area contributed by atoms with Crippen LogP contribution < -0.4 is 0 Å². The quantitative estimate of drug-likeness (QED) is 0.827. The number of aromatic nitrogens is 2. The highest BCUT2D eigenvalue weighted by Crippen LogP contribution is 2.14. The molecule has 102 valence electrons. The maximum Gasteiger partial charge on any atom is 0.305 e. The van der Waals surface area contributed by atoms with E-state index >= 15 is 0 Å². The van der Waals surface area contributed by atoms with Crippen LogP contribution in [0.2, 0.25) is 0 Å². The molecule has 0 saturated carbocycles. The second kappa shape index (κ2) is 5.59. The Balaban J connectivity index is 2.13. The Morgan fingerprint density at radius 2 is 2.26 bits per heavy atom. The number of carbonyl (C=O) groups is 2. The van der Waals surface area contributed by atoms with E-state index in [-0.39, 0.29) is 25.3 Å². The van der Waals surface area contributed by atoms with Gasteiger partial charge in [0.1, 0.15) is 5.71 Å². The van der Waals surface area contributed by atoms with Crippen LogP contribution >= 0.6 is 0 Å². The summed E-state index contributed by atoms with van der Waals surface area (Å²) in [5.41, 5.74) is 0.525. The zero-order valence-corrected chi connectivity index (χ0v) is 10.5. The van der Waals surface area contributed by atoms with Gasteiger partial charge in [0.2, 0.25) is 5.91 Å². The standard InChI is InChI=1S/C11H14N4O4/c1-2-8-12-11(19-14-8)7-3-4-9(16)15(13-7)6-5-10(17)18/h2-6H2,1H3,(H,17,18). The number of nitrogens with zero attached hydrogens (tertiary/aromatic N) is 4. The number of rotatable bonds is 5. The summed E-state index contributed by atoms with van der Waals surface area (Å²) in [7, 11) is 0. The highest BCUT2D eigenvalue weighted by atomic mass is 16.5. The van der Waals surface area contributed by atoms with Gasteiger partial charge in [0.05, 0.1) is 13.0 Å². The average Bonchev–Trinajstić information content (AvgIpc) is 2.86. The summed E-state index contributed by atoms with van der Waals surface area (Å²) in [6, 6.07) is 0. The first kappa shape index (κ1) is 13.2. The zero-order chi connectivity index (χ0) is 13.8. The normalized spacial score (nSPS) is 15.5. The van der Waals surface area contributed by atoms with Crippen molar-refractivity contribution in [3.63, 3.8) is 0 Å². The maximum absolute atomic E-state index is 11.6. The van der Waals surface area contributed by atoms with Gasteiger partial charge in [0, 0.05) is 19.3 Å². The van der Waals surface area contributed by atoms with Gasteiger partial charge in [-0.3, -0.25) is 9.59 Å². The van der Waals surface area contributed by atoms with Gasteiger partial charge in [-0.05, 0) is 0 Å². The molecular weight excluding hydrogens is 252 g/mol. The Morgan fingerprint density at radius 3 is 2.89 bits per heavy atom. The first-order valence-electron chi connectivity index (χ1n) is 6.02. The van der Waals surface area contributed by atoms with Crippen LogP contribution in [0.25, 0.3) is 0 Å². The van der Waals surface area contributed by atoms with E-state index in [0.717, 1.165) is 5.01 Å². The largest absolute Gasteiger partial charge is 0.481 e. The fraction of sp³-hybridized carbons (Fsp3) is 0.545. The van der Waals surface area contributed by atoms with Crippen LogP contribution in [0, 0.1) is 0 Å². The number of hydrogen-bond donors (Lipinski definition) is 1. The molecule has 1 aliphatic rings. The van der Waals surface area contributed by atoms with Crippen LogP contribution in [0.3, 0.4) is 0 Å². The van der Waals surface area contributed by atoms with Crippen LogP contribution in [0.4, 0.5) is 0 Å². The molecule has 2 heterocycles. The van der Waals surface area contributed by atoms with E-state index in [1.807, 2.05) is 6.92 Å². The van der Waals surface area contributed by atoms with Crippen molar-refractivity contribution >= 4 is 17.6 Å². The number of carboxylic acid groups (broad SMARTS) is 1. The second-order valence-electron chi connectivity index (χ2n) is 4.08. The predicted octanol–water partition coefficient (Wildman–Crippen LogP) is 0.433. The van der Waals surface area contributed by atoms with Crippen molar-refractivity contribution in [3.05, 3.63) is 11.7 Å². The molecule has 1 aromatic heterocycles. The van der Waals surface area contributed by atoms with Gasteiger partial charge in [-0.2, -0.15) is 10.1 Å². The highest BCUT2D eigenvalue weighted by Gasteiger charge is 2.24. The third kappa shape index (κ3) is 3.15. The number of aryl methyl sites for hydroxylation is 1. The van der Waals surface area contributed by atoms with Gasteiger partial charge < -0.3 is 9.63 Å². The Hall–Kier alpha value is -2.25. The van der Waals surface area contributed by atoms with Gasteiger partial charge in [0.15, 0.2) is 5.82 Å². The molecule has 0 aromatic carbocycles. The summed E-state index contributed by atoms with van der Waals surface area (Å²) in [6.45, 7) is 1.95. The second-order valence-corrected chi connectivity index (χ2v) is 4.08. The van der Waals surface area contributed by atoms with Crippen molar-refractivity contribution in [3.8, 4) is 0 Å². The van der Waals surface area contributed by atoms with E-state index in [0.29, 0.717) is 30.3 Å². The number of aliphatic carboxylic acids is 1. The topological polar surface area (TPSA) is 109 Å². The lowest BCUT2D eigenvalue weighted by Gasteiger charge is -2.21. The van der Waals surface area contributed by atoms with E-state index in [9.17, 15) is 9.59 Å². The Bertz CT molecular complexity index is 523. The van der Waals surface area contributed by atoms with Gasteiger partial charge in [-0.25, -0.2) is 5.01 Å². The highest BCUT2D eigenvalue weighted by molar-refractivity contribution is 6.01. The molecule has 0 unspecified atom stereocenters. The zero-order valence-electron chi connectivity index (χ0n) is 10.5. The number of amides is 1. The van der Waals surface area contributed by atoms with Crippen molar-refractivity contribution in [1.29, 1.82) is 0 Å². The van der Waals surface area contributed by atoms with E-state index in [2.05, 4.69) is 15.2 Å². The first-order valence-corrected chi connectivity index (χ1v) is 6.02. The minimum absolute atomic E-state index is 0.0481. The summed E-state index contributed by atoms with van der Waals surface area (Å²) < 4.78 is 5.06. The molecule has 8 nitrogen and oxygen atoms in total. The van der Waals surface area contributed by atoms with Gasteiger partial charge in [-0.1, -0.05) is 12.1 Å². The van der Waals surface area contributed by atoms with Crippen molar-refractivity contribution in [2.24, 2.45) is 5.10 Å². The lowest BCUT2D eigenvalue weighted by atomic mass is 10.1. The summed E-state index contributed by atoms with van der Waals surface area (Å²) in [6.07, 6.45) is 1.20. The van der Waals surface area contributed by atoms with E-state index in [4.69, 9.17) is 9.63 Å². The maximum atomic E-state index is 11.6. The van der Waals surface area contributed by atoms with Gasteiger partial charge in [-0.15, -0.1) is 0 Å². The summed E-state index contributed by atoms with van der Waals surface area (Å²) in [5, 5.41) is 17.6.